The summed E-state index contributed by atoms with van der Waals surface area (Å²) in [7, 11) is 0. The van der Waals surface area contributed by atoms with Crippen LogP contribution in [0.4, 0.5) is 0 Å². The fourth-order valence-electron chi connectivity index (χ4n) is 3.42. The molecule has 1 saturated heterocycles. The van der Waals surface area contributed by atoms with E-state index in [-0.39, 0.29) is 11.7 Å². The second-order valence-electron chi connectivity index (χ2n) is 7.04. The molecule has 2 aromatic carbocycles. The Morgan fingerprint density at radius 3 is 2.46 bits per heavy atom. The number of ether oxygens (including phenoxy) is 1. The third kappa shape index (κ3) is 5.54. The molecule has 28 heavy (non-hydrogen) atoms. The van der Waals surface area contributed by atoms with Crippen molar-refractivity contribution < 1.29 is 14.3 Å². The number of esters is 1. The number of carbonyl (C=O) groups is 2. The minimum atomic E-state index is -0.578. The van der Waals surface area contributed by atoms with Gasteiger partial charge in [-0.15, -0.1) is 0 Å². The number of rotatable bonds is 7. The fraction of sp³-hybridized carbons (Fsp3) is 0.304. The predicted molar refractivity (Wildman–Crippen MR) is 109 cm³/mol. The predicted octanol–water partition coefficient (Wildman–Crippen LogP) is 3.42. The van der Waals surface area contributed by atoms with Gasteiger partial charge in [-0.3, -0.25) is 9.69 Å². The van der Waals surface area contributed by atoms with Crippen LogP contribution in [-0.4, -0.2) is 36.4 Å². The topological polar surface area (TPSA) is 58.6 Å². The van der Waals surface area contributed by atoms with Crippen LogP contribution in [0.1, 0.15) is 28.8 Å². The third-order valence-electron chi connectivity index (χ3n) is 5.02. The van der Waals surface area contributed by atoms with Crippen LogP contribution >= 0.6 is 0 Å². The number of nitrogens with one attached hydrogen (secondary N) is 1. The second kappa shape index (κ2) is 9.85. The Kier molecular flexibility index (Phi) is 6.98. The summed E-state index contributed by atoms with van der Waals surface area (Å²) < 4.78 is 5.15. The normalized spacial score (nSPS) is 15.0. The number of likely N-dealkylation sites (tertiary alicyclic amines) is 1. The van der Waals surface area contributed by atoms with Gasteiger partial charge in [0.1, 0.15) is 5.75 Å². The van der Waals surface area contributed by atoms with Crippen LogP contribution in [0, 0.1) is 5.92 Å². The monoisotopic (exact) mass is 378 g/mol. The molecule has 1 aliphatic rings. The summed E-state index contributed by atoms with van der Waals surface area (Å²) in [5.41, 5.74) is 1.69. The standard InChI is InChI=1S/C23H26N2O3/c1-2-22(26)28-21-11-7-6-10-20(21)23(27)24-16-18-12-14-25(15-13-18)17-19-8-4-3-5-9-19/h2-11,18H,1,12-17H2,(H,24,27). The first-order valence-electron chi connectivity index (χ1n) is 9.63. The van der Waals surface area contributed by atoms with Crippen LogP contribution < -0.4 is 10.1 Å². The molecule has 2 aromatic rings. The number of hydrogen-bond acceptors (Lipinski definition) is 4. The molecule has 0 radical (unpaired) electrons. The minimum absolute atomic E-state index is 0.223. The van der Waals surface area contributed by atoms with Gasteiger partial charge in [-0.25, -0.2) is 4.79 Å². The van der Waals surface area contributed by atoms with Gasteiger partial charge in [-0.1, -0.05) is 49.0 Å². The average Bonchev–Trinajstić information content (AvgIpc) is 2.74. The summed E-state index contributed by atoms with van der Waals surface area (Å²) in [5, 5.41) is 2.99. The van der Waals surface area contributed by atoms with Gasteiger partial charge in [0.2, 0.25) is 0 Å². The van der Waals surface area contributed by atoms with E-state index >= 15 is 0 Å². The molecule has 146 valence electrons. The highest BCUT2D eigenvalue weighted by Crippen LogP contribution is 2.20. The third-order valence-corrected chi connectivity index (χ3v) is 5.02. The van der Waals surface area contributed by atoms with Crippen molar-refractivity contribution in [1.82, 2.24) is 10.2 Å². The van der Waals surface area contributed by atoms with E-state index in [1.807, 2.05) is 6.07 Å². The lowest BCUT2D eigenvalue weighted by molar-refractivity contribution is -0.128. The van der Waals surface area contributed by atoms with Crippen LogP contribution in [0.15, 0.2) is 67.3 Å². The second-order valence-corrected chi connectivity index (χ2v) is 7.04. The zero-order valence-corrected chi connectivity index (χ0v) is 16.0. The Bertz CT molecular complexity index is 812. The van der Waals surface area contributed by atoms with E-state index in [4.69, 9.17) is 4.74 Å². The largest absolute Gasteiger partial charge is 0.423 e. The highest BCUT2D eigenvalue weighted by molar-refractivity contribution is 5.98. The first-order valence-corrected chi connectivity index (χ1v) is 9.63. The lowest BCUT2D eigenvalue weighted by Crippen LogP contribution is -2.38. The van der Waals surface area contributed by atoms with Gasteiger partial charge in [0.15, 0.2) is 0 Å². The quantitative estimate of drug-likeness (QED) is 0.456. The van der Waals surface area contributed by atoms with E-state index in [2.05, 4.69) is 41.1 Å². The van der Waals surface area contributed by atoms with E-state index in [9.17, 15) is 9.59 Å². The van der Waals surface area contributed by atoms with Crippen molar-refractivity contribution in [3.63, 3.8) is 0 Å². The Morgan fingerprint density at radius 1 is 1.07 bits per heavy atom. The molecule has 3 rings (SSSR count). The molecule has 1 aliphatic heterocycles. The molecule has 0 saturated carbocycles. The maximum absolute atomic E-state index is 12.5. The first-order chi connectivity index (χ1) is 13.7. The van der Waals surface area contributed by atoms with Crippen LogP contribution in [0.5, 0.6) is 5.75 Å². The molecule has 0 spiro atoms. The molecule has 5 nitrogen and oxygen atoms in total. The van der Waals surface area contributed by atoms with Crippen LogP contribution in [0.25, 0.3) is 0 Å². The van der Waals surface area contributed by atoms with E-state index in [0.717, 1.165) is 38.6 Å². The molecule has 0 aromatic heterocycles. The van der Waals surface area contributed by atoms with Crippen molar-refractivity contribution >= 4 is 11.9 Å². The number of para-hydroxylation sites is 1. The first kappa shape index (κ1) is 19.8. The van der Waals surface area contributed by atoms with Gasteiger partial charge in [0.25, 0.3) is 5.91 Å². The Balaban J connectivity index is 1.47. The molecule has 1 fully saturated rings. The Morgan fingerprint density at radius 2 is 1.75 bits per heavy atom. The summed E-state index contributed by atoms with van der Waals surface area (Å²) in [5.74, 6) is -0.0911. The van der Waals surface area contributed by atoms with Gasteiger partial charge >= 0.3 is 5.97 Å². The number of piperidine rings is 1. The lowest BCUT2D eigenvalue weighted by Gasteiger charge is -2.32. The molecule has 0 unspecified atom stereocenters. The maximum atomic E-state index is 12.5. The molecule has 0 bridgehead atoms. The van der Waals surface area contributed by atoms with Crippen molar-refractivity contribution in [1.29, 1.82) is 0 Å². The van der Waals surface area contributed by atoms with Gasteiger partial charge in [0.05, 0.1) is 5.56 Å². The summed E-state index contributed by atoms with van der Waals surface area (Å²) >= 11 is 0. The van der Waals surface area contributed by atoms with E-state index in [0.29, 0.717) is 18.0 Å². The smallest absolute Gasteiger partial charge is 0.335 e. The number of amides is 1. The molecule has 0 aliphatic carbocycles. The summed E-state index contributed by atoms with van der Waals surface area (Å²) in [4.78, 5) is 26.4. The number of hydrogen-bond donors (Lipinski definition) is 1. The minimum Gasteiger partial charge on any atom is -0.423 e. The number of carbonyl (C=O) groups excluding carboxylic acids is 2. The molecule has 5 heteroatoms. The van der Waals surface area contributed by atoms with Crippen LogP contribution in [0.2, 0.25) is 0 Å². The Labute approximate surface area is 166 Å². The van der Waals surface area contributed by atoms with E-state index < -0.39 is 5.97 Å². The van der Waals surface area contributed by atoms with Crippen molar-refractivity contribution in [3.8, 4) is 5.75 Å². The van der Waals surface area contributed by atoms with Crippen molar-refractivity contribution in [2.45, 2.75) is 19.4 Å². The average molecular weight is 378 g/mol. The van der Waals surface area contributed by atoms with Gasteiger partial charge in [-0.2, -0.15) is 0 Å². The van der Waals surface area contributed by atoms with Gasteiger partial charge in [0, 0.05) is 19.2 Å². The Hall–Kier alpha value is -2.92. The van der Waals surface area contributed by atoms with Crippen LogP contribution in [-0.2, 0) is 11.3 Å². The molecule has 1 heterocycles. The van der Waals surface area contributed by atoms with E-state index in [1.165, 1.54) is 5.56 Å². The maximum Gasteiger partial charge on any atom is 0.335 e. The summed E-state index contributed by atoms with van der Waals surface area (Å²) in [6.45, 7) is 7.04. The zero-order chi connectivity index (χ0) is 19.8. The molecular formula is C23H26N2O3. The highest BCUT2D eigenvalue weighted by Gasteiger charge is 2.21. The van der Waals surface area contributed by atoms with Crippen molar-refractivity contribution in [3.05, 3.63) is 78.4 Å². The fourth-order valence-corrected chi connectivity index (χ4v) is 3.42. The summed E-state index contributed by atoms with van der Waals surface area (Å²) in [6, 6.07) is 17.2. The molecule has 1 amide bonds. The van der Waals surface area contributed by atoms with Gasteiger partial charge in [-0.05, 0) is 49.5 Å². The highest BCUT2D eigenvalue weighted by atomic mass is 16.5. The van der Waals surface area contributed by atoms with Crippen molar-refractivity contribution in [2.24, 2.45) is 5.92 Å². The number of benzene rings is 2. The molecule has 1 N–H and O–H groups in total. The lowest BCUT2D eigenvalue weighted by atomic mass is 9.96. The summed E-state index contributed by atoms with van der Waals surface area (Å²) in [6.07, 6.45) is 3.19. The van der Waals surface area contributed by atoms with Crippen LogP contribution in [0.3, 0.4) is 0 Å². The van der Waals surface area contributed by atoms with Crippen molar-refractivity contribution in [2.75, 3.05) is 19.6 Å². The van der Waals surface area contributed by atoms with E-state index in [1.54, 1.807) is 24.3 Å². The number of nitrogens with zero attached hydrogens (tertiary/aromatic N) is 1. The SMILES string of the molecule is C=CC(=O)Oc1ccccc1C(=O)NCC1CCN(Cc2ccccc2)CC1. The molecular weight excluding hydrogens is 352 g/mol. The van der Waals surface area contributed by atoms with Gasteiger partial charge < -0.3 is 10.1 Å². The molecule has 0 atom stereocenters. The zero-order valence-electron chi connectivity index (χ0n) is 16.0.